The summed E-state index contributed by atoms with van der Waals surface area (Å²) in [5, 5.41) is 0. The van der Waals surface area contributed by atoms with Gasteiger partial charge in [-0.15, -0.1) is 0 Å². The molecule has 0 unspecified atom stereocenters. The van der Waals surface area contributed by atoms with Gasteiger partial charge in [0.15, 0.2) is 11.5 Å². The molecule has 0 spiro atoms. The maximum absolute atomic E-state index is 13.6. The molecule has 0 radical (unpaired) electrons. The first kappa shape index (κ1) is 21.6. The molecule has 158 valence electrons. The molecule has 0 atom stereocenters. The quantitative estimate of drug-likeness (QED) is 0.543. The van der Waals surface area contributed by atoms with Crippen LogP contribution in [0.3, 0.4) is 0 Å². The summed E-state index contributed by atoms with van der Waals surface area (Å²) < 4.78 is 65.7. The molecule has 30 heavy (non-hydrogen) atoms. The molecule has 0 amide bonds. The molecule has 0 fully saturated rings. The van der Waals surface area contributed by atoms with E-state index in [-0.39, 0.29) is 17.0 Å². The Morgan fingerprint density at radius 1 is 0.833 bits per heavy atom. The average molecular weight is 433 g/mol. The molecular weight excluding hydrogens is 412 g/mol. The van der Waals surface area contributed by atoms with Crippen LogP contribution in [0, 0.1) is 18.6 Å². The van der Waals surface area contributed by atoms with Crippen LogP contribution in [0.4, 0.5) is 14.5 Å². The number of halogens is 2. The van der Waals surface area contributed by atoms with E-state index < -0.39 is 21.7 Å². The van der Waals surface area contributed by atoms with Gasteiger partial charge in [-0.05, 0) is 60.5 Å². The van der Waals surface area contributed by atoms with E-state index in [2.05, 4.69) is 0 Å². The molecule has 3 rings (SSSR count). The molecule has 8 heteroatoms. The van der Waals surface area contributed by atoms with Gasteiger partial charge in [0.2, 0.25) is 0 Å². The SMILES string of the molecule is COc1ccc(N(Cc2ccc(F)cc2)S(=O)(=O)c2ccc(F)cc2C)cc1OC. The lowest BCUT2D eigenvalue weighted by atomic mass is 10.2. The van der Waals surface area contributed by atoms with Gasteiger partial charge in [-0.1, -0.05) is 12.1 Å². The first-order valence-electron chi connectivity index (χ1n) is 9.01. The van der Waals surface area contributed by atoms with Crippen molar-refractivity contribution in [3.05, 3.63) is 83.4 Å². The van der Waals surface area contributed by atoms with Crippen molar-refractivity contribution >= 4 is 15.7 Å². The van der Waals surface area contributed by atoms with Crippen LogP contribution in [0.25, 0.3) is 0 Å². The predicted octanol–water partition coefficient (Wildman–Crippen LogP) is 4.69. The number of anilines is 1. The van der Waals surface area contributed by atoms with Gasteiger partial charge in [-0.2, -0.15) is 0 Å². The molecule has 0 aliphatic rings. The van der Waals surface area contributed by atoms with Gasteiger partial charge in [0.1, 0.15) is 11.6 Å². The summed E-state index contributed by atoms with van der Waals surface area (Å²) in [6.45, 7) is 1.47. The molecule has 3 aromatic carbocycles. The monoisotopic (exact) mass is 433 g/mol. The summed E-state index contributed by atoms with van der Waals surface area (Å²) in [7, 11) is -1.15. The van der Waals surface area contributed by atoms with Crippen molar-refractivity contribution in [2.45, 2.75) is 18.4 Å². The zero-order valence-corrected chi connectivity index (χ0v) is 17.5. The van der Waals surface area contributed by atoms with Gasteiger partial charge < -0.3 is 9.47 Å². The minimum Gasteiger partial charge on any atom is -0.493 e. The summed E-state index contributed by atoms with van der Waals surface area (Å²) >= 11 is 0. The smallest absolute Gasteiger partial charge is 0.264 e. The molecule has 5 nitrogen and oxygen atoms in total. The van der Waals surface area contributed by atoms with Crippen LogP contribution in [-0.4, -0.2) is 22.6 Å². The molecule has 3 aromatic rings. The van der Waals surface area contributed by atoms with Crippen LogP contribution in [0.1, 0.15) is 11.1 Å². The van der Waals surface area contributed by atoms with Gasteiger partial charge in [-0.25, -0.2) is 17.2 Å². The Bertz CT molecular complexity index is 1150. The van der Waals surface area contributed by atoms with E-state index in [1.165, 1.54) is 55.8 Å². The topological polar surface area (TPSA) is 55.8 Å². The average Bonchev–Trinajstić information content (AvgIpc) is 2.72. The normalized spacial score (nSPS) is 11.2. The highest BCUT2D eigenvalue weighted by Gasteiger charge is 2.28. The second-order valence-corrected chi connectivity index (χ2v) is 8.42. The van der Waals surface area contributed by atoms with Gasteiger partial charge in [0, 0.05) is 6.07 Å². The van der Waals surface area contributed by atoms with E-state index in [4.69, 9.17) is 9.47 Å². The minimum atomic E-state index is -4.08. The Hall–Kier alpha value is -3.13. The Labute approximate surface area is 174 Å². The highest BCUT2D eigenvalue weighted by Crippen LogP contribution is 2.35. The molecule has 0 aromatic heterocycles. The fourth-order valence-corrected chi connectivity index (χ4v) is 4.73. The largest absolute Gasteiger partial charge is 0.493 e. The zero-order valence-electron chi connectivity index (χ0n) is 16.7. The van der Waals surface area contributed by atoms with Crippen LogP contribution in [0.5, 0.6) is 11.5 Å². The number of hydrogen-bond donors (Lipinski definition) is 0. The van der Waals surface area contributed by atoms with Crippen LogP contribution >= 0.6 is 0 Å². The minimum absolute atomic E-state index is 0.0270. The maximum atomic E-state index is 13.6. The number of aryl methyl sites for hydroxylation is 1. The molecule has 0 heterocycles. The summed E-state index contributed by atoms with van der Waals surface area (Å²) in [6.07, 6.45) is 0. The van der Waals surface area contributed by atoms with Crippen molar-refractivity contribution in [1.82, 2.24) is 0 Å². The fraction of sp³-hybridized carbons (Fsp3) is 0.182. The second kappa shape index (κ2) is 8.71. The Morgan fingerprint density at radius 3 is 2.07 bits per heavy atom. The van der Waals surface area contributed by atoms with E-state index in [0.717, 1.165) is 12.1 Å². The van der Waals surface area contributed by atoms with Crippen LogP contribution in [-0.2, 0) is 16.6 Å². The Kier molecular flexibility index (Phi) is 6.26. The number of ether oxygens (including phenoxy) is 2. The van der Waals surface area contributed by atoms with E-state index in [9.17, 15) is 17.2 Å². The molecular formula is C22H21F2NO4S. The molecule has 0 saturated heterocycles. The Balaban J connectivity index is 2.15. The van der Waals surface area contributed by atoms with Crippen molar-refractivity contribution in [1.29, 1.82) is 0 Å². The number of benzene rings is 3. The Morgan fingerprint density at radius 2 is 1.47 bits per heavy atom. The number of rotatable bonds is 7. The summed E-state index contributed by atoms with van der Waals surface area (Å²) in [5.74, 6) is -0.153. The molecule has 0 saturated carbocycles. The van der Waals surface area contributed by atoms with Gasteiger partial charge in [-0.3, -0.25) is 4.31 Å². The van der Waals surface area contributed by atoms with E-state index in [0.29, 0.717) is 22.7 Å². The van der Waals surface area contributed by atoms with Crippen molar-refractivity contribution in [3.8, 4) is 11.5 Å². The summed E-state index contributed by atoms with van der Waals surface area (Å²) in [5.41, 5.74) is 1.18. The second-order valence-electron chi connectivity index (χ2n) is 6.59. The van der Waals surface area contributed by atoms with Crippen molar-refractivity contribution in [2.75, 3.05) is 18.5 Å². The zero-order chi connectivity index (χ0) is 21.9. The highest BCUT2D eigenvalue weighted by molar-refractivity contribution is 7.92. The number of sulfonamides is 1. The third-order valence-corrected chi connectivity index (χ3v) is 6.53. The third-order valence-electron chi connectivity index (χ3n) is 4.60. The first-order valence-corrected chi connectivity index (χ1v) is 10.5. The summed E-state index contributed by atoms with van der Waals surface area (Å²) in [4.78, 5) is -0.0270. The molecule has 0 aliphatic heterocycles. The van der Waals surface area contributed by atoms with Crippen LogP contribution in [0.15, 0.2) is 65.6 Å². The first-order chi connectivity index (χ1) is 14.3. The highest BCUT2D eigenvalue weighted by atomic mass is 32.2. The van der Waals surface area contributed by atoms with Gasteiger partial charge in [0.25, 0.3) is 10.0 Å². The molecule has 0 N–H and O–H groups in total. The predicted molar refractivity (Wildman–Crippen MR) is 110 cm³/mol. The maximum Gasteiger partial charge on any atom is 0.264 e. The van der Waals surface area contributed by atoms with Crippen LogP contribution in [0.2, 0.25) is 0 Å². The van der Waals surface area contributed by atoms with E-state index in [1.54, 1.807) is 18.2 Å². The lowest BCUT2D eigenvalue weighted by molar-refractivity contribution is 0.355. The lowest BCUT2D eigenvalue weighted by Crippen LogP contribution is -2.31. The van der Waals surface area contributed by atoms with E-state index in [1.807, 2.05) is 0 Å². The third kappa shape index (κ3) is 4.38. The lowest BCUT2D eigenvalue weighted by Gasteiger charge is -2.26. The number of methoxy groups -OCH3 is 2. The van der Waals surface area contributed by atoms with Crippen molar-refractivity contribution in [3.63, 3.8) is 0 Å². The van der Waals surface area contributed by atoms with Gasteiger partial charge >= 0.3 is 0 Å². The standard InChI is InChI=1S/C22H21F2NO4S/c1-15-12-18(24)8-11-22(15)30(26,27)25(14-16-4-6-17(23)7-5-16)19-9-10-20(28-2)21(13-19)29-3/h4-13H,14H2,1-3H3. The molecule has 0 aliphatic carbocycles. The van der Waals surface area contributed by atoms with Gasteiger partial charge in [0.05, 0.1) is 31.3 Å². The summed E-state index contributed by atoms with van der Waals surface area (Å²) in [6, 6.07) is 13.8. The van der Waals surface area contributed by atoms with Crippen molar-refractivity contribution in [2.24, 2.45) is 0 Å². The fourth-order valence-electron chi connectivity index (χ4n) is 3.07. The van der Waals surface area contributed by atoms with E-state index >= 15 is 0 Å². The van der Waals surface area contributed by atoms with Crippen molar-refractivity contribution < 1.29 is 26.7 Å². The number of hydrogen-bond acceptors (Lipinski definition) is 4. The molecule has 0 bridgehead atoms. The number of nitrogens with zero attached hydrogens (tertiary/aromatic N) is 1. The van der Waals surface area contributed by atoms with Crippen LogP contribution < -0.4 is 13.8 Å².